The Morgan fingerprint density at radius 1 is 0.684 bits per heavy atom. The average Bonchev–Trinajstić information content (AvgIpc) is 2.81. The van der Waals surface area contributed by atoms with Gasteiger partial charge in [-0.15, -0.1) is 13.2 Å². The van der Waals surface area contributed by atoms with Gasteiger partial charge in [-0.3, -0.25) is 0 Å². The molecule has 0 saturated heterocycles. The van der Waals surface area contributed by atoms with Gasteiger partial charge in [0.05, 0.1) is 11.1 Å². The Bertz CT molecular complexity index is 1250. The molecule has 0 N–H and O–H groups in total. The van der Waals surface area contributed by atoms with Crippen LogP contribution in [-0.4, -0.2) is 6.36 Å². The summed E-state index contributed by atoms with van der Waals surface area (Å²) in [6, 6.07) is 6.79. The van der Waals surface area contributed by atoms with E-state index in [0.29, 0.717) is 11.8 Å². The van der Waals surface area contributed by atoms with Crippen molar-refractivity contribution in [3.05, 3.63) is 82.9 Å². The standard InChI is InChI=1S/C27H21F9O2/c1-14-2-4-15(5-3-14)16-6-8-19(9-7-16)37-26(32,33)18-12-20(28)24(21(29)13-18)17-10-22(30)25(23(31)11-17)38-27(34,35)36/h6-15H,2-5H2,1H3. The molecular weight excluding hydrogens is 527 g/mol. The Morgan fingerprint density at radius 2 is 1.21 bits per heavy atom. The van der Waals surface area contributed by atoms with E-state index in [1.165, 1.54) is 12.1 Å². The normalized spacial score (nSPS) is 18.4. The van der Waals surface area contributed by atoms with Crippen LogP contribution < -0.4 is 9.47 Å². The predicted octanol–water partition coefficient (Wildman–Crippen LogP) is 9.23. The molecule has 0 heterocycles. The second kappa shape index (κ2) is 10.4. The molecular formula is C27H21F9O2. The molecule has 0 spiro atoms. The molecule has 0 aromatic heterocycles. The lowest BCUT2D eigenvalue weighted by atomic mass is 9.79. The lowest BCUT2D eigenvalue weighted by Crippen LogP contribution is -2.22. The highest BCUT2D eigenvalue weighted by Gasteiger charge is 2.37. The zero-order chi connectivity index (χ0) is 27.8. The summed E-state index contributed by atoms with van der Waals surface area (Å²) in [5.74, 6) is -8.23. The van der Waals surface area contributed by atoms with Crippen LogP contribution in [-0.2, 0) is 6.11 Å². The summed E-state index contributed by atoms with van der Waals surface area (Å²) in [6.07, 6.45) is -5.52. The van der Waals surface area contributed by atoms with Gasteiger partial charge in [0.15, 0.2) is 11.6 Å². The SMILES string of the molecule is CC1CCC(c2ccc(OC(F)(F)c3cc(F)c(-c4cc(F)c(OC(F)(F)F)c(F)c4)c(F)c3)cc2)CC1. The van der Waals surface area contributed by atoms with E-state index in [1.54, 1.807) is 12.1 Å². The minimum atomic E-state index is -5.43. The first-order valence-electron chi connectivity index (χ1n) is 11.6. The van der Waals surface area contributed by atoms with Gasteiger partial charge in [0.2, 0.25) is 5.75 Å². The van der Waals surface area contributed by atoms with Crippen molar-refractivity contribution in [3.8, 4) is 22.6 Å². The summed E-state index contributed by atoms with van der Waals surface area (Å²) in [6.45, 7) is 2.17. The lowest BCUT2D eigenvalue weighted by Gasteiger charge is -2.26. The van der Waals surface area contributed by atoms with Crippen LogP contribution in [0.25, 0.3) is 11.1 Å². The number of rotatable bonds is 6. The fraction of sp³-hybridized carbons (Fsp3) is 0.333. The monoisotopic (exact) mass is 548 g/mol. The summed E-state index contributed by atoms with van der Waals surface area (Å²) in [5.41, 5.74) is -2.25. The van der Waals surface area contributed by atoms with Crippen molar-refractivity contribution in [2.24, 2.45) is 5.92 Å². The first-order chi connectivity index (χ1) is 17.7. The Kier molecular flexibility index (Phi) is 7.58. The third-order valence-electron chi connectivity index (χ3n) is 6.50. The van der Waals surface area contributed by atoms with E-state index in [-0.39, 0.29) is 30.0 Å². The Hall–Kier alpha value is -3.37. The first kappa shape index (κ1) is 27.7. The highest BCUT2D eigenvalue weighted by molar-refractivity contribution is 5.66. The topological polar surface area (TPSA) is 18.5 Å². The van der Waals surface area contributed by atoms with Crippen molar-refractivity contribution in [1.29, 1.82) is 0 Å². The molecule has 0 unspecified atom stereocenters. The van der Waals surface area contributed by atoms with Gasteiger partial charge >= 0.3 is 12.5 Å². The molecule has 0 radical (unpaired) electrons. The molecule has 1 fully saturated rings. The third kappa shape index (κ3) is 6.19. The second-order valence-corrected chi connectivity index (χ2v) is 9.28. The highest BCUT2D eigenvalue weighted by Crippen LogP contribution is 2.40. The number of alkyl halides is 5. The Labute approximate surface area is 212 Å². The van der Waals surface area contributed by atoms with Crippen molar-refractivity contribution in [3.63, 3.8) is 0 Å². The van der Waals surface area contributed by atoms with Crippen LogP contribution in [0.15, 0.2) is 48.5 Å². The molecule has 1 aliphatic rings. The van der Waals surface area contributed by atoms with Gasteiger partial charge in [-0.05, 0) is 72.2 Å². The van der Waals surface area contributed by atoms with Gasteiger partial charge in [0, 0.05) is 0 Å². The number of ether oxygens (including phenoxy) is 2. The number of halogens is 9. The zero-order valence-corrected chi connectivity index (χ0v) is 19.8. The van der Waals surface area contributed by atoms with E-state index < -0.39 is 58.2 Å². The third-order valence-corrected chi connectivity index (χ3v) is 6.50. The van der Waals surface area contributed by atoms with Crippen molar-refractivity contribution in [2.45, 2.75) is 51.0 Å². The minimum Gasteiger partial charge on any atom is -0.429 e. The average molecular weight is 548 g/mol. The van der Waals surface area contributed by atoms with E-state index in [0.717, 1.165) is 31.2 Å². The molecule has 11 heteroatoms. The molecule has 4 rings (SSSR count). The van der Waals surface area contributed by atoms with Crippen LogP contribution in [0.3, 0.4) is 0 Å². The van der Waals surface area contributed by atoms with Gasteiger partial charge in [-0.25, -0.2) is 17.6 Å². The number of hydrogen-bond acceptors (Lipinski definition) is 2. The van der Waals surface area contributed by atoms with E-state index in [1.807, 2.05) is 0 Å². The molecule has 2 nitrogen and oxygen atoms in total. The molecule has 3 aromatic rings. The summed E-state index contributed by atoms with van der Waals surface area (Å²) >= 11 is 0. The van der Waals surface area contributed by atoms with Crippen molar-refractivity contribution in [2.75, 3.05) is 0 Å². The van der Waals surface area contributed by atoms with E-state index in [2.05, 4.69) is 11.7 Å². The number of benzene rings is 3. The predicted molar refractivity (Wildman–Crippen MR) is 120 cm³/mol. The van der Waals surface area contributed by atoms with Crippen LogP contribution in [0, 0.1) is 29.2 Å². The quantitative estimate of drug-likeness (QED) is 0.286. The molecule has 1 saturated carbocycles. The van der Waals surface area contributed by atoms with Gasteiger partial charge in [-0.2, -0.15) is 8.78 Å². The largest absolute Gasteiger partial charge is 0.573 e. The van der Waals surface area contributed by atoms with Crippen molar-refractivity contribution >= 4 is 0 Å². The molecule has 0 amide bonds. The lowest BCUT2D eigenvalue weighted by molar-refractivity contribution is -0.276. The summed E-state index contributed by atoms with van der Waals surface area (Å²) in [5, 5.41) is 0. The van der Waals surface area contributed by atoms with Gasteiger partial charge in [0.1, 0.15) is 17.4 Å². The maximum absolute atomic E-state index is 14.8. The minimum absolute atomic E-state index is 0.189. The molecule has 0 bridgehead atoms. The Morgan fingerprint density at radius 3 is 1.71 bits per heavy atom. The van der Waals surface area contributed by atoms with E-state index in [9.17, 15) is 39.5 Å². The van der Waals surface area contributed by atoms with Crippen molar-refractivity contribution < 1.29 is 49.0 Å². The second-order valence-electron chi connectivity index (χ2n) is 9.28. The smallest absolute Gasteiger partial charge is 0.429 e. The van der Waals surface area contributed by atoms with Crippen LogP contribution >= 0.6 is 0 Å². The van der Waals surface area contributed by atoms with Crippen LogP contribution in [0.4, 0.5) is 39.5 Å². The molecule has 0 atom stereocenters. The van der Waals surface area contributed by atoms with Crippen LogP contribution in [0.5, 0.6) is 11.5 Å². The molecule has 1 aliphatic carbocycles. The zero-order valence-electron chi connectivity index (χ0n) is 19.8. The molecule has 0 aliphatic heterocycles. The summed E-state index contributed by atoms with van der Waals surface area (Å²) in [7, 11) is 0. The fourth-order valence-electron chi connectivity index (χ4n) is 4.54. The van der Waals surface area contributed by atoms with Crippen LogP contribution in [0.2, 0.25) is 0 Å². The first-order valence-corrected chi connectivity index (χ1v) is 11.6. The van der Waals surface area contributed by atoms with Crippen molar-refractivity contribution in [1.82, 2.24) is 0 Å². The maximum atomic E-state index is 14.8. The number of hydrogen-bond donors (Lipinski definition) is 0. The fourth-order valence-corrected chi connectivity index (χ4v) is 4.54. The van der Waals surface area contributed by atoms with Gasteiger partial charge in [0.25, 0.3) is 0 Å². The van der Waals surface area contributed by atoms with E-state index >= 15 is 0 Å². The van der Waals surface area contributed by atoms with Gasteiger partial charge < -0.3 is 9.47 Å². The molecule has 3 aromatic carbocycles. The van der Waals surface area contributed by atoms with Gasteiger partial charge in [-0.1, -0.05) is 31.9 Å². The highest BCUT2D eigenvalue weighted by atomic mass is 19.4. The maximum Gasteiger partial charge on any atom is 0.573 e. The van der Waals surface area contributed by atoms with Crippen LogP contribution in [0.1, 0.15) is 49.7 Å². The summed E-state index contributed by atoms with van der Waals surface area (Å²) < 4.78 is 132. The summed E-state index contributed by atoms with van der Waals surface area (Å²) in [4.78, 5) is 0. The Balaban J connectivity index is 1.55. The molecule has 204 valence electrons. The molecule has 38 heavy (non-hydrogen) atoms. The van der Waals surface area contributed by atoms with E-state index in [4.69, 9.17) is 4.74 Å².